The highest BCUT2D eigenvalue weighted by Gasteiger charge is 2.22. The molecule has 6 nitrogen and oxygen atoms in total. The maximum Gasteiger partial charge on any atom is 0.237 e. The van der Waals surface area contributed by atoms with Crippen LogP contribution in [0.2, 0.25) is 0 Å². The molecule has 2 heterocycles. The fourth-order valence-corrected chi connectivity index (χ4v) is 3.49. The molecule has 4 rings (SSSR count). The number of benzene rings is 2. The van der Waals surface area contributed by atoms with Crippen LogP contribution in [-0.2, 0) is 11.2 Å². The van der Waals surface area contributed by atoms with E-state index in [4.69, 9.17) is 4.52 Å². The van der Waals surface area contributed by atoms with E-state index in [-0.39, 0.29) is 11.2 Å². The third kappa shape index (κ3) is 4.22. The van der Waals surface area contributed by atoms with Crippen molar-refractivity contribution >= 4 is 11.8 Å². The van der Waals surface area contributed by atoms with Crippen molar-refractivity contribution in [2.75, 3.05) is 0 Å². The Kier molecular flexibility index (Phi) is 5.19. The van der Waals surface area contributed by atoms with Gasteiger partial charge in [-0.25, -0.2) is 4.39 Å². The van der Waals surface area contributed by atoms with E-state index < -0.39 is 0 Å². The second-order valence-corrected chi connectivity index (χ2v) is 8.48. The number of aromatic nitrogens is 5. The zero-order chi connectivity index (χ0) is 20.4. The minimum absolute atomic E-state index is 0.180. The molecule has 0 saturated carbocycles. The van der Waals surface area contributed by atoms with Crippen molar-refractivity contribution in [1.29, 1.82) is 0 Å². The Morgan fingerprint density at radius 3 is 2.38 bits per heavy atom. The molecular weight excluding hydrogens is 389 g/mol. The minimum Gasteiger partial charge on any atom is -0.338 e. The molecule has 0 fully saturated rings. The topological polar surface area (TPSA) is 69.6 Å². The normalized spacial score (nSPS) is 11.7. The lowest BCUT2D eigenvalue weighted by Crippen LogP contribution is -2.13. The molecule has 8 heteroatoms. The van der Waals surface area contributed by atoms with Gasteiger partial charge >= 0.3 is 0 Å². The molecular formula is C21H20FN5OS. The van der Waals surface area contributed by atoms with Crippen molar-refractivity contribution in [3.8, 4) is 17.1 Å². The molecule has 0 saturated heterocycles. The molecule has 0 aliphatic heterocycles. The summed E-state index contributed by atoms with van der Waals surface area (Å²) in [5.74, 6) is 2.03. The Balaban J connectivity index is 1.67. The third-order valence-corrected chi connectivity index (χ3v) is 5.13. The molecule has 0 bridgehead atoms. The average Bonchev–Trinajstić information content (AvgIpc) is 3.35. The highest BCUT2D eigenvalue weighted by molar-refractivity contribution is 7.98. The Labute approximate surface area is 172 Å². The number of nitrogens with zero attached hydrogens (tertiary/aromatic N) is 5. The summed E-state index contributed by atoms with van der Waals surface area (Å²) < 4.78 is 20.7. The zero-order valence-electron chi connectivity index (χ0n) is 16.3. The van der Waals surface area contributed by atoms with Gasteiger partial charge in [0.2, 0.25) is 5.89 Å². The SMILES string of the molecule is CC(C)(C)c1noc(CSc2nnc(-c3ccccc3)n2-c2ccc(F)cc2)n1. The van der Waals surface area contributed by atoms with Gasteiger partial charge in [-0.2, -0.15) is 4.98 Å². The molecule has 0 aliphatic carbocycles. The van der Waals surface area contributed by atoms with Crippen molar-refractivity contribution in [2.24, 2.45) is 0 Å². The molecule has 29 heavy (non-hydrogen) atoms. The maximum absolute atomic E-state index is 13.4. The van der Waals surface area contributed by atoms with Crippen LogP contribution < -0.4 is 0 Å². The first-order valence-corrected chi connectivity index (χ1v) is 10.1. The Morgan fingerprint density at radius 1 is 1.00 bits per heavy atom. The van der Waals surface area contributed by atoms with E-state index in [0.717, 1.165) is 11.3 Å². The smallest absolute Gasteiger partial charge is 0.237 e. The lowest BCUT2D eigenvalue weighted by atomic mass is 9.96. The van der Waals surface area contributed by atoms with Crippen LogP contribution in [0.5, 0.6) is 0 Å². The molecule has 0 atom stereocenters. The van der Waals surface area contributed by atoms with Gasteiger partial charge in [-0.05, 0) is 24.3 Å². The monoisotopic (exact) mass is 409 g/mol. The summed E-state index contributed by atoms with van der Waals surface area (Å²) in [5.41, 5.74) is 1.52. The van der Waals surface area contributed by atoms with Gasteiger partial charge in [0.15, 0.2) is 16.8 Å². The summed E-state index contributed by atoms with van der Waals surface area (Å²) >= 11 is 1.44. The van der Waals surface area contributed by atoms with E-state index >= 15 is 0 Å². The number of rotatable bonds is 5. The van der Waals surface area contributed by atoms with Gasteiger partial charge in [-0.1, -0.05) is 68.0 Å². The Morgan fingerprint density at radius 2 is 1.72 bits per heavy atom. The molecule has 4 aromatic rings. The Hall–Kier alpha value is -3.00. The summed E-state index contributed by atoms with van der Waals surface area (Å²) in [7, 11) is 0. The van der Waals surface area contributed by atoms with Gasteiger partial charge in [-0.15, -0.1) is 10.2 Å². The van der Waals surface area contributed by atoms with Crippen molar-refractivity contribution in [1.82, 2.24) is 24.9 Å². The van der Waals surface area contributed by atoms with Crippen molar-refractivity contribution in [2.45, 2.75) is 37.1 Å². The molecule has 2 aromatic carbocycles. The van der Waals surface area contributed by atoms with Crippen LogP contribution >= 0.6 is 11.8 Å². The largest absolute Gasteiger partial charge is 0.338 e. The standard InChI is InChI=1S/C21H20FN5OS/c1-21(2,3)19-23-17(28-26-19)13-29-20-25-24-18(14-7-5-4-6-8-14)27(20)16-11-9-15(22)10-12-16/h4-12H,13H2,1-3H3. The molecule has 0 unspecified atom stereocenters. The van der Waals surface area contributed by atoms with Crippen LogP contribution in [0.1, 0.15) is 32.5 Å². The Bertz CT molecular complexity index is 1100. The van der Waals surface area contributed by atoms with E-state index in [2.05, 4.69) is 20.3 Å². The molecule has 0 aliphatic rings. The van der Waals surface area contributed by atoms with E-state index in [0.29, 0.717) is 28.4 Å². The zero-order valence-corrected chi connectivity index (χ0v) is 17.2. The summed E-state index contributed by atoms with van der Waals surface area (Å²) in [4.78, 5) is 4.47. The van der Waals surface area contributed by atoms with Crippen LogP contribution in [0, 0.1) is 5.82 Å². The van der Waals surface area contributed by atoms with Crippen molar-refractivity contribution < 1.29 is 8.91 Å². The summed E-state index contributed by atoms with van der Waals surface area (Å²) in [6.45, 7) is 6.10. The summed E-state index contributed by atoms with van der Waals surface area (Å²) in [5, 5.41) is 13.4. The van der Waals surface area contributed by atoms with Crippen molar-refractivity contribution in [3.63, 3.8) is 0 Å². The van der Waals surface area contributed by atoms with E-state index in [1.165, 1.54) is 23.9 Å². The number of hydrogen-bond acceptors (Lipinski definition) is 6. The molecule has 0 N–H and O–H groups in total. The lowest BCUT2D eigenvalue weighted by molar-refractivity contribution is 0.372. The first-order valence-electron chi connectivity index (χ1n) is 9.14. The van der Waals surface area contributed by atoms with E-state index in [1.54, 1.807) is 12.1 Å². The van der Waals surface area contributed by atoms with Crippen LogP contribution in [0.4, 0.5) is 4.39 Å². The highest BCUT2D eigenvalue weighted by Crippen LogP contribution is 2.30. The quantitative estimate of drug-likeness (QED) is 0.430. The maximum atomic E-state index is 13.4. The molecule has 2 aromatic heterocycles. The van der Waals surface area contributed by atoms with E-state index in [9.17, 15) is 4.39 Å². The van der Waals surface area contributed by atoms with Gasteiger partial charge in [0.05, 0.1) is 5.75 Å². The third-order valence-electron chi connectivity index (χ3n) is 4.21. The van der Waals surface area contributed by atoms with Crippen LogP contribution in [0.15, 0.2) is 64.3 Å². The lowest BCUT2D eigenvalue weighted by Gasteiger charge is -2.11. The van der Waals surface area contributed by atoms with Crippen LogP contribution in [0.3, 0.4) is 0 Å². The van der Waals surface area contributed by atoms with Crippen LogP contribution in [0.25, 0.3) is 17.1 Å². The van der Waals surface area contributed by atoms with E-state index in [1.807, 2.05) is 55.7 Å². The predicted octanol–water partition coefficient (Wildman–Crippen LogP) is 5.05. The fraction of sp³-hybridized carbons (Fsp3) is 0.238. The number of hydrogen-bond donors (Lipinski definition) is 0. The molecule has 148 valence electrons. The summed E-state index contributed by atoms with van der Waals surface area (Å²) in [6.07, 6.45) is 0. The van der Waals surface area contributed by atoms with Gasteiger partial charge < -0.3 is 4.52 Å². The van der Waals surface area contributed by atoms with Gasteiger partial charge in [-0.3, -0.25) is 4.57 Å². The fourth-order valence-electron chi connectivity index (χ4n) is 2.70. The second-order valence-electron chi connectivity index (χ2n) is 7.53. The molecule has 0 spiro atoms. The second kappa shape index (κ2) is 7.79. The minimum atomic E-state index is -0.294. The average molecular weight is 409 g/mol. The predicted molar refractivity (Wildman–Crippen MR) is 109 cm³/mol. The molecule has 0 radical (unpaired) electrons. The highest BCUT2D eigenvalue weighted by atomic mass is 32.2. The summed E-state index contributed by atoms with van der Waals surface area (Å²) in [6, 6.07) is 16.0. The van der Waals surface area contributed by atoms with Crippen molar-refractivity contribution in [3.05, 3.63) is 72.1 Å². The van der Waals surface area contributed by atoms with Gasteiger partial charge in [0.1, 0.15) is 5.82 Å². The van der Waals surface area contributed by atoms with Gasteiger partial charge in [0.25, 0.3) is 0 Å². The first-order chi connectivity index (χ1) is 13.9. The van der Waals surface area contributed by atoms with Crippen LogP contribution in [-0.4, -0.2) is 24.9 Å². The van der Waals surface area contributed by atoms with Gasteiger partial charge in [0, 0.05) is 16.7 Å². The number of halogens is 1. The first kappa shape index (κ1) is 19.3. The number of thioether (sulfide) groups is 1. The molecule has 0 amide bonds.